The summed E-state index contributed by atoms with van der Waals surface area (Å²) < 4.78 is 31.0. The molecule has 5 heteroatoms. The van der Waals surface area contributed by atoms with E-state index in [4.69, 9.17) is 4.74 Å². The summed E-state index contributed by atoms with van der Waals surface area (Å²) >= 11 is 0. The number of benzene rings is 2. The summed E-state index contributed by atoms with van der Waals surface area (Å²) in [6.45, 7) is 2.14. The largest absolute Gasteiger partial charge is 0.481 e. The summed E-state index contributed by atoms with van der Waals surface area (Å²) in [6, 6.07) is 11.8. The summed E-state index contributed by atoms with van der Waals surface area (Å²) in [5.74, 6) is -0.391. The van der Waals surface area contributed by atoms with E-state index in [1.165, 1.54) is 36.4 Å². The molecule has 0 bridgehead atoms. The third kappa shape index (κ3) is 5.70. The van der Waals surface area contributed by atoms with Gasteiger partial charge in [0.1, 0.15) is 17.4 Å². The van der Waals surface area contributed by atoms with Crippen molar-refractivity contribution in [3.63, 3.8) is 0 Å². The summed E-state index contributed by atoms with van der Waals surface area (Å²) in [5, 5.41) is 2.78. The van der Waals surface area contributed by atoms with Crippen LogP contribution in [0.4, 0.5) is 8.78 Å². The topological polar surface area (TPSA) is 38.3 Å². The first kappa shape index (κ1) is 16.9. The molecular formula is C18H19F2NO2. The molecule has 23 heavy (non-hydrogen) atoms. The first-order valence-corrected chi connectivity index (χ1v) is 7.49. The van der Waals surface area contributed by atoms with Crippen LogP contribution in [0, 0.1) is 11.6 Å². The lowest BCUT2D eigenvalue weighted by atomic mass is 10.1. The number of carbonyl (C=O) groups excluding carboxylic acids is 1. The van der Waals surface area contributed by atoms with Gasteiger partial charge < -0.3 is 10.1 Å². The monoisotopic (exact) mass is 319 g/mol. The highest BCUT2D eigenvalue weighted by molar-refractivity contribution is 5.80. The second kappa shape index (κ2) is 8.27. The lowest BCUT2D eigenvalue weighted by Gasteiger charge is -2.14. The van der Waals surface area contributed by atoms with Gasteiger partial charge in [-0.25, -0.2) is 8.78 Å². The first-order chi connectivity index (χ1) is 11.0. The molecule has 0 aliphatic rings. The van der Waals surface area contributed by atoms with E-state index in [0.717, 1.165) is 18.4 Å². The second-order valence-corrected chi connectivity index (χ2v) is 5.24. The van der Waals surface area contributed by atoms with Gasteiger partial charge in [-0.1, -0.05) is 12.1 Å². The zero-order valence-electron chi connectivity index (χ0n) is 12.9. The lowest BCUT2D eigenvalue weighted by Crippen LogP contribution is -2.36. The van der Waals surface area contributed by atoms with Crippen molar-refractivity contribution in [3.8, 4) is 5.75 Å². The maximum Gasteiger partial charge on any atom is 0.260 e. The molecule has 0 saturated carbocycles. The van der Waals surface area contributed by atoms with Crippen molar-refractivity contribution in [1.29, 1.82) is 0 Å². The van der Waals surface area contributed by atoms with Gasteiger partial charge in [-0.2, -0.15) is 0 Å². The molecule has 2 rings (SSSR count). The lowest BCUT2D eigenvalue weighted by molar-refractivity contribution is -0.127. The molecule has 0 unspecified atom stereocenters. The van der Waals surface area contributed by atoms with Crippen molar-refractivity contribution in [2.45, 2.75) is 25.9 Å². The highest BCUT2D eigenvalue weighted by Gasteiger charge is 2.13. The number of hydrogen-bond acceptors (Lipinski definition) is 2. The Balaban J connectivity index is 1.69. The van der Waals surface area contributed by atoms with E-state index in [9.17, 15) is 13.6 Å². The number of ether oxygens (including phenoxy) is 1. The molecule has 0 spiro atoms. The fourth-order valence-corrected chi connectivity index (χ4v) is 2.07. The van der Waals surface area contributed by atoms with E-state index in [-0.39, 0.29) is 17.5 Å². The van der Waals surface area contributed by atoms with E-state index in [0.29, 0.717) is 12.3 Å². The van der Waals surface area contributed by atoms with Crippen LogP contribution in [0.1, 0.15) is 18.9 Å². The van der Waals surface area contributed by atoms with Crippen LogP contribution in [0.15, 0.2) is 48.5 Å². The molecule has 122 valence electrons. The number of halogens is 2. The third-order valence-corrected chi connectivity index (χ3v) is 3.35. The highest BCUT2D eigenvalue weighted by Crippen LogP contribution is 2.13. The van der Waals surface area contributed by atoms with Crippen LogP contribution in [-0.4, -0.2) is 18.6 Å². The Bertz CT molecular complexity index is 626. The molecular weight excluding hydrogens is 300 g/mol. The van der Waals surface area contributed by atoms with Crippen LogP contribution >= 0.6 is 0 Å². The molecule has 0 radical (unpaired) electrons. The molecule has 1 N–H and O–H groups in total. The van der Waals surface area contributed by atoms with Gasteiger partial charge in [0.05, 0.1) is 0 Å². The van der Waals surface area contributed by atoms with Gasteiger partial charge in [-0.3, -0.25) is 4.79 Å². The Morgan fingerprint density at radius 1 is 1.04 bits per heavy atom. The number of rotatable bonds is 7. The molecule has 1 atom stereocenters. The van der Waals surface area contributed by atoms with Gasteiger partial charge in [0.15, 0.2) is 6.10 Å². The van der Waals surface area contributed by atoms with Crippen molar-refractivity contribution in [2.24, 2.45) is 0 Å². The van der Waals surface area contributed by atoms with Crippen LogP contribution in [0.2, 0.25) is 0 Å². The van der Waals surface area contributed by atoms with Crippen LogP contribution in [-0.2, 0) is 11.2 Å². The van der Waals surface area contributed by atoms with Gasteiger partial charge in [0.2, 0.25) is 0 Å². The zero-order chi connectivity index (χ0) is 16.7. The molecule has 2 aromatic carbocycles. The Labute approximate surface area is 134 Å². The van der Waals surface area contributed by atoms with Crippen molar-refractivity contribution < 1.29 is 18.3 Å². The Morgan fingerprint density at radius 3 is 2.22 bits per heavy atom. The maximum absolute atomic E-state index is 12.8. The van der Waals surface area contributed by atoms with Crippen molar-refractivity contribution >= 4 is 5.91 Å². The van der Waals surface area contributed by atoms with Gasteiger partial charge in [0, 0.05) is 6.54 Å². The SMILES string of the molecule is C[C@H](Oc1ccc(F)cc1)C(=O)NCCCc1ccc(F)cc1. The minimum Gasteiger partial charge on any atom is -0.481 e. The summed E-state index contributed by atoms with van der Waals surface area (Å²) in [7, 11) is 0. The molecule has 0 heterocycles. The van der Waals surface area contributed by atoms with Crippen LogP contribution < -0.4 is 10.1 Å². The normalized spacial score (nSPS) is 11.8. The van der Waals surface area contributed by atoms with Gasteiger partial charge in [0.25, 0.3) is 5.91 Å². The van der Waals surface area contributed by atoms with E-state index in [1.54, 1.807) is 19.1 Å². The molecule has 1 amide bonds. The van der Waals surface area contributed by atoms with Crippen LogP contribution in [0.3, 0.4) is 0 Å². The Hall–Kier alpha value is -2.43. The molecule has 0 saturated heterocycles. The molecule has 0 aliphatic heterocycles. The second-order valence-electron chi connectivity index (χ2n) is 5.24. The van der Waals surface area contributed by atoms with E-state index < -0.39 is 6.10 Å². The number of amides is 1. The van der Waals surface area contributed by atoms with Crippen LogP contribution in [0.25, 0.3) is 0 Å². The molecule has 2 aromatic rings. The molecule has 0 fully saturated rings. The van der Waals surface area contributed by atoms with Crippen molar-refractivity contribution in [1.82, 2.24) is 5.32 Å². The summed E-state index contributed by atoms with van der Waals surface area (Å²) in [6.07, 6.45) is 0.847. The quantitative estimate of drug-likeness (QED) is 0.794. The summed E-state index contributed by atoms with van der Waals surface area (Å²) in [5.41, 5.74) is 1.02. The molecule has 0 aromatic heterocycles. The fourth-order valence-electron chi connectivity index (χ4n) is 2.07. The Kier molecular flexibility index (Phi) is 6.09. The smallest absolute Gasteiger partial charge is 0.260 e. The fraction of sp³-hybridized carbons (Fsp3) is 0.278. The van der Waals surface area contributed by atoms with E-state index >= 15 is 0 Å². The van der Waals surface area contributed by atoms with Crippen molar-refractivity contribution in [3.05, 3.63) is 65.7 Å². The van der Waals surface area contributed by atoms with Gasteiger partial charge in [-0.05, 0) is 61.7 Å². The van der Waals surface area contributed by atoms with Crippen molar-refractivity contribution in [2.75, 3.05) is 6.54 Å². The van der Waals surface area contributed by atoms with Gasteiger partial charge in [-0.15, -0.1) is 0 Å². The molecule has 0 aliphatic carbocycles. The molecule has 3 nitrogen and oxygen atoms in total. The number of aryl methyl sites for hydroxylation is 1. The van der Waals surface area contributed by atoms with E-state index in [1.807, 2.05) is 0 Å². The predicted molar refractivity (Wildman–Crippen MR) is 84.2 cm³/mol. The maximum atomic E-state index is 12.8. The average molecular weight is 319 g/mol. The minimum atomic E-state index is -0.661. The van der Waals surface area contributed by atoms with Gasteiger partial charge >= 0.3 is 0 Å². The standard InChI is InChI=1S/C18H19F2NO2/c1-13(23-17-10-8-16(20)9-11-17)18(22)21-12-2-3-14-4-6-15(19)7-5-14/h4-11,13H,2-3,12H2,1H3,(H,21,22)/t13-/m0/s1. The minimum absolute atomic E-state index is 0.228. The average Bonchev–Trinajstić information content (AvgIpc) is 2.55. The number of nitrogens with one attached hydrogen (secondary N) is 1. The van der Waals surface area contributed by atoms with Crippen LogP contribution in [0.5, 0.6) is 5.75 Å². The van der Waals surface area contributed by atoms with E-state index in [2.05, 4.69) is 5.32 Å². The zero-order valence-corrected chi connectivity index (χ0v) is 12.9. The Morgan fingerprint density at radius 2 is 1.61 bits per heavy atom. The first-order valence-electron chi connectivity index (χ1n) is 7.49. The third-order valence-electron chi connectivity index (χ3n) is 3.35. The number of carbonyl (C=O) groups is 1. The highest BCUT2D eigenvalue weighted by atomic mass is 19.1. The summed E-state index contributed by atoms with van der Waals surface area (Å²) in [4.78, 5) is 11.9. The predicted octanol–water partition coefficient (Wildman–Crippen LogP) is 3.48. The number of hydrogen-bond donors (Lipinski definition) is 1.